The summed E-state index contributed by atoms with van der Waals surface area (Å²) < 4.78 is 7.53. The van der Waals surface area contributed by atoms with E-state index in [-0.39, 0.29) is 12.2 Å². The maximum absolute atomic E-state index is 11.7. The fraction of sp³-hybridized carbons (Fsp3) is 0.346. The molecule has 2 N–H and O–H groups in total. The predicted octanol–water partition coefficient (Wildman–Crippen LogP) is 5.74. The minimum Gasteiger partial charge on any atom is -0.497 e. The molecule has 0 spiro atoms. The number of ether oxygens (including phenoxy) is 1. The Morgan fingerprint density at radius 2 is 1.97 bits per heavy atom. The second kappa shape index (κ2) is 8.98. The van der Waals surface area contributed by atoms with Crippen LogP contribution in [0.5, 0.6) is 5.75 Å². The van der Waals surface area contributed by atoms with E-state index < -0.39 is 5.97 Å². The van der Waals surface area contributed by atoms with Crippen LogP contribution in [0.4, 0.5) is 0 Å². The Bertz CT molecular complexity index is 1120. The minimum atomic E-state index is -0.936. The first-order chi connectivity index (χ1) is 15.1. The Balaban J connectivity index is 2.07. The molecular formula is C26H29NO4. The second-order valence-electron chi connectivity index (χ2n) is 8.21. The van der Waals surface area contributed by atoms with Gasteiger partial charge in [0, 0.05) is 23.0 Å². The Hall–Kier alpha value is -3.05. The monoisotopic (exact) mass is 419 g/mol. The van der Waals surface area contributed by atoms with Crippen molar-refractivity contribution in [3.63, 3.8) is 0 Å². The van der Waals surface area contributed by atoms with Crippen LogP contribution < -0.4 is 4.74 Å². The molecule has 0 amide bonds. The summed E-state index contributed by atoms with van der Waals surface area (Å²) in [5.41, 5.74) is 5.23. The zero-order chi connectivity index (χ0) is 22.0. The SMILES string of the molecule is C=CCn1c(-c2ccc(OC)cc2CO)c(C2CCCCC2)c2ccc(C(=O)O)cc21. The summed E-state index contributed by atoms with van der Waals surface area (Å²) in [6.45, 7) is 4.39. The predicted molar refractivity (Wildman–Crippen MR) is 123 cm³/mol. The molecule has 1 heterocycles. The molecular weight excluding hydrogens is 390 g/mol. The molecule has 1 aliphatic rings. The Morgan fingerprint density at radius 3 is 2.61 bits per heavy atom. The maximum atomic E-state index is 11.7. The van der Waals surface area contributed by atoms with Crippen LogP contribution in [0, 0.1) is 0 Å². The van der Waals surface area contributed by atoms with Crippen molar-refractivity contribution in [2.75, 3.05) is 7.11 Å². The third-order valence-corrected chi connectivity index (χ3v) is 6.41. The maximum Gasteiger partial charge on any atom is 0.335 e. The number of carbonyl (C=O) groups is 1. The molecule has 162 valence electrons. The average molecular weight is 420 g/mol. The molecule has 3 aromatic rings. The van der Waals surface area contributed by atoms with Crippen LogP contribution in [0.15, 0.2) is 49.1 Å². The average Bonchev–Trinajstić information content (AvgIpc) is 3.12. The highest BCUT2D eigenvalue weighted by Gasteiger charge is 2.27. The molecule has 1 aromatic heterocycles. The normalized spacial score (nSPS) is 14.6. The number of aromatic carboxylic acids is 1. The van der Waals surface area contributed by atoms with Gasteiger partial charge in [0.2, 0.25) is 0 Å². The lowest BCUT2D eigenvalue weighted by Gasteiger charge is -2.24. The van der Waals surface area contributed by atoms with Gasteiger partial charge in [0.25, 0.3) is 0 Å². The van der Waals surface area contributed by atoms with Crippen molar-refractivity contribution in [3.8, 4) is 17.0 Å². The van der Waals surface area contributed by atoms with Crippen LogP contribution in [0.3, 0.4) is 0 Å². The molecule has 1 fully saturated rings. The molecule has 0 unspecified atom stereocenters. The number of benzene rings is 2. The molecule has 5 heteroatoms. The van der Waals surface area contributed by atoms with E-state index in [1.807, 2.05) is 30.3 Å². The molecule has 0 aliphatic heterocycles. The van der Waals surface area contributed by atoms with Gasteiger partial charge in [-0.25, -0.2) is 4.79 Å². The van der Waals surface area contributed by atoms with Gasteiger partial charge >= 0.3 is 5.97 Å². The topological polar surface area (TPSA) is 71.7 Å². The fourth-order valence-corrected chi connectivity index (χ4v) is 4.98. The number of aliphatic hydroxyl groups is 1. The zero-order valence-electron chi connectivity index (χ0n) is 17.9. The number of rotatable bonds is 7. The van der Waals surface area contributed by atoms with Crippen molar-refractivity contribution in [2.45, 2.75) is 51.2 Å². The lowest BCUT2D eigenvalue weighted by molar-refractivity contribution is 0.0697. The molecule has 31 heavy (non-hydrogen) atoms. The number of allylic oxidation sites excluding steroid dienone is 1. The van der Waals surface area contributed by atoms with Gasteiger partial charge in [-0.05, 0) is 60.2 Å². The van der Waals surface area contributed by atoms with Gasteiger partial charge in [0.1, 0.15) is 5.75 Å². The highest BCUT2D eigenvalue weighted by atomic mass is 16.5. The van der Waals surface area contributed by atoms with E-state index in [2.05, 4.69) is 11.1 Å². The number of hydrogen-bond donors (Lipinski definition) is 2. The first kappa shape index (κ1) is 21.2. The summed E-state index contributed by atoms with van der Waals surface area (Å²) in [5, 5.41) is 20.8. The van der Waals surface area contributed by atoms with Crippen LogP contribution in [0.1, 0.15) is 59.5 Å². The summed E-state index contributed by atoms with van der Waals surface area (Å²) in [4.78, 5) is 11.7. The van der Waals surface area contributed by atoms with E-state index >= 15 is 0 Å². The molecule has 1 saturated carbocycles. The minimum absolute atomic E-state index is 0.105. The molecule has 5 nitrogen and oxygen atoms in total. The van der Waals surface area contributed by atoms with Crippen molar-refractivity contribution < 1.29 is 19.7 Å². The standard InChI is InChI=1S/C26H29NO4/c1-3-13-27-23-15-18(26(29)30)9-11-22(23)24(17-7-5-4-6-8-17)25(27)21-12-10-20(31-2)14-19(21)16-28/h3,9-12,14-15,17,28H,1,4-8,13,16H2,2H3,(H,29,30). The fourth-order valence-electron chi connectivity index (χ4n) is 4.98. The number of aromatic nitrogens is 1. The highest BCUT2D eigenvalue weighted by molar-refractivity contribution is 5.98. The summed E-state index contributed by atoms with van der Waals surface area (Å²) in [6, 6.07) is 11.2. The van der Waals surface area contributed by atoms with Gasteiger partial charge < -0.3 is 19.5 Å². The molecule has 0 radical (unpaired) electrons. The molecule has 0 bridgehead atoms. The first-order valence-electron chi connectivity index (χ1n) is 10.9. The summed E-state index contributed by atoms with van der Waals surface area (Å²) >= 11 is 0. The third kappa shape index (κ3) is 3.86. The van der Waals surface area contributed by atoms with Gasteiger partial charge in [0.15, 0.2) is 0 Å². The molecule has 0 atom stereocenters. The number of methoxy groups -OCH3 is 1. The second-order valence-corrected chi connectivity index (χ2v) is 8.21. The lowest BCUT2D eigenvalue weighted by Crippen LogP contribution is -2.08. The molecule has 1 aliphatic carbocycles. The van der Waals surface area contributed by atoms with Gasteiger partial charge in [0.05, 0.1) is 25.0 Å². The summed E-state index contributed by atoms with van der Waals surface area (Å²) in [7, 11) is 1.62. The van der Waals surface area contributed by atoms with Crippen LogP contribution in [-0.2, 0) is 13.2 Å². The Morgan fingerprint density at radius 1 is 1.19 bits per heavy atom. The third-order valence-electron chi connectivity index (χ3n) is 6.41. The Kier molecular flexibility index (Phi) is 6.14. The quantitative estimate of drug-likeness (QED) is 0.479. The van der Waals surface area contributed by atoms with E-state index in [1.54, 1.807) is 19.2 Å². The van der Waals surface area contributed by atoms with Crippen LogP contribution >= 0.6 is 0 Å². The summed E-state index contributed by atoms with van der Waals surface area (Å²) in [5.74, 6) is 0.169. The largest absolute Gasteiger partial charge is 0.497 e. The van der Waals surface area contributed by atoms with Gasteiger partial charge in [-0.1, -0.05) is 31.4 Å². The van der Waals surface area contributed by atoms with E-state index in [4.69, 9.17) is 4.74 Å². The Labute approximate surface area is 182 Å². The molecule has 4 rings (SSSR count). The van der Waals surface area contributed by atoms with Gasteiger partial charge in [-0.3, -0.25) is 0 Å². The van der Waals surface area contributed by atoms with Crippen molar-refractivity contribution in [2.24, 2.45) is 0 Å². The van der Waals surface area contributed by atoms with Crippen molar-refractivity contribution in [1.29, 1.82) is 0 Å². The van der Waals surface area contributed by atoms with Crippen LogP contribution in [-0.4, -0.2) is 27.9 Å². The molecule has 2 aromatic carbocycles. The summed E-state index contributed by atoms with van der Waals surface area (Å²) in [6.07, 6.45) is 7.72. The first-order valence-corrected chi connectivity index (χ1v) is 10.9. The zero-order valence-corrected chi connectivity index (χ0v) is 17.9. The van der Waals surface area contributed by atoms with E-state index in [0.29, 0.717) is 18.2 Å². The smallest absolute Gasteiger partial charge is 0.335 e. The number of carboxylic acid groups (broad SMARTS) is 1. The lowest BCUT2D eigenvalue weighted by atomic mass is 9.81. The van der Waals surface area contributed by atoms with Gasteiger partial charge in [-0.15, -0.1) is 6.58 Å². The van der Waals surface area contributed by atoms with Crippen molar-refractivity contribution in [3.05, 3.63) is 65.7 Å². The number of fused-ring (bicyclic) bond motifs is 1. The van der Waals surface area contributed by atoms with Crippen LogP contribution in [0.25, 0.3) is 22.2 Å². The van der Waals surface area contributed by atoms with Gasteiger partial charge in [-0.2, -0.15) is 0 Å². The number of aliphatic hydroxyl groups excluding tert-OH is 1. The highest BCUT2D eigenvalue weighted by Crippen LogP contribution is 2.45. The number of hydrogen-bond acceptors (Lipinski definition) is 3. The number of nitrogens with zero attached hydrogens (tertiary/aromatic N) is 1. The van der Waals surface area contributed by atoms with E-state index in [1.165, 1.54) is 24.8 Å². The van der Waals surface area contributed by atoms with E-state index in [9.17, 15) is 15.0 Å². The molecule has 0 saturated heterocycles. The van der Waals surface area contributed by atoms with Crippen molar-refractivity contribution in [1.82, 2.24) is 4.57 Å². The number of carboxylic acids is 1. The van der Waals surface area contributed by atoms with Crippen molar-refractivity contribution >= 4 is 16.9 Å². The van der Waals surface area contributed by atoms with Crippen LogP contribution in [0.2, 0.25) is 0 Å². The van der Waals surface area contributed by atoms with E-state index in [0.717, 1.165) is 40.6 Å².